The first-order valence-corrected chi connectivity index (χ1v) is 15.1. The molecule has 0 aromatic heterocycles. The highest BCUT2D eigenvalue weighted by molar-refractivity contribution is 7.96. The normalized spacial score (nSPS) is 17.8. The van der Waals surface area contributed by atoms with Gasteiger partial charge >= 0.3 is 5.97 Å². The third kappa shape index (κ3) is 10.8. The molecule has 0 saturated carbocycles. The molecule has 7 N–H and O–H groups in total. The molecule has 9 nitrogen and oxygen atoms in total. The Labute approximate surface area is 252 Å². The Morgan fingerprint density at radius 2 is 1.67 bits per heavy atom. The van der Waals surface area contributed by atoms with Gasteiger partial charge in [-0.3, -0.25) is 24.5 Å². The third-order valence-corrected chi connectivity index (χ3v) is 8.21. The van der Waals surface area contributed by atoms with Crippen LogP contribution in [0.3, 0.4) is 0 Å². The van der Waals surface area contributed by atoms with E-state index in [0.717, 1.165) is 16.7 Å². The molecule has 2 amide bonds. The number of amides is 2. The maximum atomic E-state index is 13.5. The molecule has 42 heavy (non-hydrogen) atoms. The number of nitrogens with one attached hydrogen (secondary N) is 4. The average molecular weight is 592 g/mol. The first-order valence-electron chi connectivity index (χ1n) is 14.1. The zero-order valence-corrected chi connectivity index (χ0v) is 24.8. The third-order valence-electron chi connectivity index (χ3n) is 7.29. The summed E-state index contributed by atoms with van der Waals surface area (Å²) in [5.41, 5.74) is 8.29. The number of carbonyl (C=O) groups is 3. The number of carboxylic acid groups (broad SMARTS) is 1. The number of allylic oxidation sites excluding steroid dienone is 1. The van der Waals surface area contributed by atoms with E-state index in [-0.39, 0.29) is 31.1 Å². The number of carboxylic acids is 1. The molecule has 0 bridgehead atoms. The minimum atomic E-state index is -1.04. The lowest BCUT2D eigenvalue weighted by Crippen LogP contribution is -2.52. The van der Waals surface area contributed by atoms with Crippen molar-refractivity contribution in [1.29, 1.82) is 5.41 Å². The lowest BCUT2D eigenvalue weighted by Gasteiger charge is -2.23. The van der Waals surface area contributed by atoms with Crippen LogP contribution >= 0.6 is 11.9 Å². The monoisotopic (exact) mass is 591 g/mol. The van der Waals surface area contributed by atoms with Crippen LogP contribution in [0.25, 0.3) is 0 Å². The molecule has 3 rings (SSSR count). The molecule has 3 unspecified atom stereocenters. The second-order valence-corrected chi connectivity index (χ2v) is 11.5. The van der Waals surface area contributed by atoms with Crippen molar-refractivity contribution < 1.29 is 19.5 Å². The van der Waals surface area contributed by atoms with Gasteiger partial charge in [-0.15, -0.1) is 0 Å². The van der Waals surface area contributed by atoms with Gasteiger partial charge in [-0.1, -0.05) is 90.8 Å². The van der Waals surface area contributed by atoms with E-state index >= 15 is 0 Å². The fourth-order valence-corrected chi connectivity index (χ4v) is 5.34. The zero-order chi connectivity index (χ0) is 30.4. The van der Waals surface area contributed by atoms with E-state index in [2.05, 4.69) is 15.4 Å². The van der Waals surface area contributed by atoms with Crippen LogP contribution in [0.1, 0.15) is 50.2 Å². The molecular weight excluding hydrogens is 550 g/mol. The van der Waals surface area contributed by atoms with Gasteiger partial charge in [0.2, 0.25) is 11.8 Å². The van der Waals surface area contributed by atoms with Crippen molar-refractivity contribution in [1.82, 2.24) is 15.4 Å². The molecule has 0 spiro atoms. The van der Waals surface area contributed by atoms with Gasteiger partial charge in [-0.2, -0.15) is 0 Å². The number of rotatable bonds is 16. The first-order chi connectivity index (χ1) is 20.2. The standard InChI is InChI=1S/C32H41N5O4S/c1-32(31(33)34)19-8-13-24(18-20-32)21-35-29(40)26(16-17-28(38)39)36-30(41)27(15-14-23-9-4-2-5-10-23)37-42-22-25-11-6-3-7-12-25/h2-7,9-13,18,20,26-27,37H,8,14-17,19,21-22H2,1H3,(H3,33,34)(H,35,40)(H,36,41)(H,38,39). The van der Waals surface area contributed by atoms with Gasteiger partial charge in [0, 0.05) is 24.1 Å². The first kappa shape index (κ1) is 32.6. The van der Waals surface area contributed by atoms with E-state index in [1.165, 1.54) is 11.9 Å². The Kier molecular flexibility index (Phi) is 12.8. The smallest absolute Gasteiger partial charge is 0.303 e. The van der Waals surface area contributed by atoms with E-state index in [1.807, 2.05) is 85.8 Å². The SMILES string of the molecule is CC1(C(=N)N)C=CC(CNC(=O)C(CCC(=O)O)NC(=O)C(CCc2ccccc2)NSCc2ccccc2)=CCC1. The van der Waals surface area contributed by atoms with Crippen molar-refractivity contribution in [2.75, 3.05) is 6.54 Å². The van der Waals surface area contributed by atoms with E-state index in [1.54, 1.807) is 0 Å². The van der Waals surface area contributed by atoms with Crippen molar-refractivity contribution >= 4 is 35.6 Å². The molecule has 0 fully saturated rings. The molecule has 0 aliphatic heterocycles. The number of hydrogen-bond acceptors (Lipinski definition) is 6. The summed E-state index contributed by atoms with van der Waals surface area (Å²) in [4.78, 5) is 38.0. The quantitative estimate of drug-likeness (QED) is 0.0974. The fourth-order valence-electron chi connectivity index (χ4n) is 4.48. The number of carbonyl (C=O) groups excluding carboxylic acids is 2. The summed E-state index contributed by atoms with van der Waals surface area (Å²) in [7, 11) is 0. The number of nitrogens with two attached hydrogens (primary N) is 1. The highest BCUT2D eigenvalue weighted by atomic mass is 32.2. The number of benzene rings is 2. The predicted octanol–water partition coefficient (Wildman–Crippen LogP) is 4.11. The lowest BCUT2D eigenvalue weighted by molar-refractivity contribution is -0.138. The largest absolute Gasteiger partial charge is 0.481 e. The molecule has 3 atom stereocenters. The van der Waals surface area contributed by atoms with E-state index in [9.17, 15) is 19.5 Å². The van der Waals surface area contributed by atoms with Crippen LogP contribution in [0.4, 0.5) is 0 Å². The van der Waals surface area contributed by atoms with Crippen LogP contribution < -0.4 is 21.1 Å². The number of amidine groups is 1. The van der Waals surface area contributed by atoms with Crippen molar-refractivity contribution in [2.24, 2.45) is 11.1 Å². The Morgan fingerprint density at radius 1 is 1.00 bits per heavy atom. The van der Waals surface area contributed by atoms with Crippen molar-refractivity contribution in [3.05, 3.63) is 95.6 Å². The van der Waals surface area contributed by atoms with E-state index in [4.69, 9.17) is 11.1 Å². The topological polar surface area (TPSA) is 157 Å². The lowest BCUT2D eigenvalue weighted by atomic mass is 9.85. The second kappa shape index (κ2) is 16.5. The van der Waals surface area contributed by atoms with Gasteiger partial charge in [0.25, 0.3) is 0 Å². The Hall–Kier alpha value is -3.89. The number of hydrogen-bond donors (Lipinski definition) is 6. The van der Waals surface area contributed by atoms with Gasteiger partial charge in [0.1, 0.15) is 11.9 Å². The van der Waals surface area contributed by atoms with Gasteiger partial charge < -0.3 is 21.5 Å². The fraction of sp³-hybridized carbons (Fsp3) is 0.375. The maximum Gasteiger partial charge on any atom is 0.303 e. The summed E-state index contributed by atoms with van der Waals surface area (Å²) in [5, 5.41) is 22.8. The summed E-state index contributed by atoms with van der Waals surface area (Å²) in [6.45, 7) is 2.12. The Bertz CT molecular complexity index is 1270. The summed E-state index contributed by atoms with van der Waals surface area (Å²) < 4.78 is 3.27. The molecule has 1 aliphatic rings. The molecule has 0 radical (unpaired) electrons. The van der Waals surface area contributed by atoms with Crippen LogP contribution in [0.5, 0.6) is 0 Å². The van der Waals surface area contributed by atoms with Crippen molar-refractivity contribution in [3.8, 4) is 0 Å². The molecule has 0 heterocycles. The highest BCUT2D eigenvalue weighted by Crippen LogP contribution is 2.28. The zero-order valence-electron chi connectivity index (χ0n) is 24.0. The van der Waals surface area contributed by atoms with E-state index in [0.29, 0.717) is 31.4 Å². The summed E-state index contributed by atoms with van der Waals surface area (Å²) in [6, 6.07) is 18.1. The summed E-state index contributed by atoms with van der Waals surface area (Å²) in [5.74, 6) is -1.10. The number of aryl methyl sites for hydroxylation is 1. The molecule has 1 aliphatic carbocycles. The molecule has 0 saturated heterocycles. The van der Waals surface area contributed by atoms with Crippen LogP contribution in [-0.2, 0) is 26.6 Å². The molecule has 224 valence electrons. The van der Waals surface area contributed by atoms with Gasteiger partial charge in [-0.05, 0) is 55.7 Å². The van der Waals surface area contributed by atoms with Gasteiger partial charge in [0.05, 0.1) is 6.04 Å². The molecule has 2 aromatic carbocycles. The van der Waals surface area contributed by atoms with E-state index < -0.39 is 29.4 Å². The minimum absolute atomic E-state index is 0.0350. The molecule has 10 heteroatoms. The molecular formula is C32H41N5O4S. The van der Waals surface area contributed by atoms with Crippen LogP contribution in [0, 0.1) is 10.8 Å². The van der Waals surface area contributed by atoms with Crippen molar-refractivity contribution in [2.45, 2.75) is 63.3 Å². The Morgan fingerprint density at radius 3 is 2.31 bits per heavy atom. The molecule has 2 aromatic rings. The van der Waals surface area contributed by atoms with Gasteiger partial charge in [-0.25, -0.2) is 0 Å². The van der Waals surface area contributed by atoms with Crippen LogP contribution in [-0.4, -0.2) is 47.4 Å². The predicted molar refractivity (Wildman–Crippen MR) is 168 cm³/mol. The average Bonchev–Trinajstić information content (AvgIpc) is 3.18. The maximum absolute atomic E-state index is 13.5. The van der Waals surface area contributed by atoms with Crippen LogP contribution in [0.2, 0.25) is 0 Å². The second-order valence-electron chi connectivity index (χ2n) is 10.7. The summed E-state index contributed by atoms with van der Waals surface area (Å²) in [6.07, 6.45) is 7.96. The van der Waals surface area contributed by atoms with Crippen molar-refractivity contribution in [3.63, 3.8) is 0 Å². The van der Waals surface area contributed by atoms with Gasteiger partial charge in [0.15, 0.2) is 0 Å². The van der Waals surface area contributed by atoms with Crippen LogP contribution in [0.15, 0.2) is 84.5 Å². The summed E-state index contributed by atoms with van der Waals surface area (Å²) >= 11 is 1.42. The highest BCUT2D eigenvalue weighted by Gasteiger charge is 2.28. The number of aliphatic carboxylic acids is 1. The Balaban J connectivity index is 1.65. The minimum Gasteiger partial charge on any atom is -0.481 e.